The second kappa shape index (κ2) is 6.01. The first-order valence-electron chi connectivity index (χ1n) is 4.97. The quantitative estimate of drug-likeness (QED) is 0.715. The Kier molecular flexibility index (Phi) is 4.60. The Morgan fingerprint density at radius 1 is 1.47 bits per heavy atom. The molecule has 0 fully saturated rings. The molecule has 0 saturated carbocycles. The van der Waals surface area contributed by atoms with Crippen molar-refractivity contribution in [3.63, 3.8) is 0 Å². The van der Waals surface area contributed by atoms with Crippen LogP contribution in [0.4, 0.5) is 4.79 Å². The molecule has 0 amide bonds. The summed E-state index contributed by atoms with van der Waals surface area (Å²) in [6.45, 7) is 2.14. The van der Waals surface area contributed by atoms with Crippen LogP contribution in [0.5, 0.6) is 5.88 Å². The second-order valence-corrected chi connectivity index (χ2v) is 3.16. The first kappa shape index (κ1) is 11.5. The molecule has 0 spiro atoms. The number of aromatic nitrogens is 1. The standard InChI is InChI=1S/C11H15NO3/c1-3-4-5-9-6-7-10(12-8-9)15-11(13)14-2/h6-8H,3-5H2,1-2H3. The van der Waals surface area contributed by atoms with Crippen molar-refractivity contribution >= 4 is 6.16 Å². The van der Waals surface area contributed by atoms with E-state index in [2.05, 4.69) is 16.6 Å². The number of rotatable bonds is 4. The van der Waals surface area contributed by atoms with Gasteiger partial charge in [0.25, 0.3) is 0 Å². The Hall–Kier alpha value is -1.58. The molecule has 1 heterocycles. The van der Waals surface area contributed by atoms with E-state index in [0.717, 1.165) is 24.8 Å². The lowest BCUT2D eigenvalue weighted by Crippen LogP contribution is -2.08. The minimum Gasteiger partial charge on any atom is -0.437 e. The molecular formula is C11H15NO3. The van der Waals surface area contributed by atoms with Gasteiger partial charge >= 0.3 is 6.16 Å². The lowest BCUT2D eigenvalue weighted by atomic mass is 10.1. The van der Waals surface area contributed by atoms with Gasteiger partial charge in [-0.05, 0) is 18.4 Å². The number of unbranched alkanes of at least 4 members (excludes halogenated alkanes) is 1. The Bertz CT molecular complexity index is 308. The van der Waals surface area contributed by atoms with Crippen LogP contribution in [0.3, 0.4) is 0 Å². The van der Waals surface area contributed by atoms with Gasteiger partial charge in [-0.25, -0.2) is 9.78 Å². The van der Waals surface area contributed by atoms with Crippen LogP contribution in [0.2, 0.25) is 0 Å². The molecule has 0 aliphatic heterocycles. The Balaban J connectivity index is 2.52. The van der Waals surface area contributed by atoms with E-state index in [1.807, 2.05) is 6.07 Å². The first-order chi connectivity index (χ1) is 7.26. The van der Waals surface area contributed by atoms with Crippen molar-refractivity contribution in [2.24, 2.45) is 0 Å². The van der Waals surface area contributed by atoms with Crippen LogP contribution >= 0.6 is 0 Å². The number of aryl methyl sites for hydroxylation is 1. The lowest BCUT2D eigenvalue weighted by Gasteiger charge is -2.02. The van der Waals surface area contributed by atoms with E-state index in [-0.39, 0.29) is 5.88 Å². The fourth-order valence-electron chi connectivity index (χ4n) is 1.13. The van der Waals surface area contributed by atoms with Gasteiger partial charge in [0.1, 0.15) is 0 Å². The molecule has 0 radical (unpaired) electrons. The van der Waals surface area contributed by atoms with Gasteiger partial charge in [0.2, 0.25) is 5.88 Å². The van der Waals surface area contributed by atoms with Crippen LogP contribution in [-0.4, -0.2) is 18.2 Å². The molecule has 4 heteroatoms. The highest BCUT2D eigenvalue weighted by molar-refractivity contribution is 5.62. The molecule has 1 aromatic heterocycles. The number of hydrogen-bond donors (Lipinski definition) is 0. The van der Waals surface area contributed by atoms with Gasteiger partial charge in [-0.2, -0.15) is 0 Å². The minimum absolute atomic E-state index is 0.266. The second-order valence-electron chi connectivity index (χ2n) is 3.16. The summed E-state index contributed by atoms with van der Waals surface area (Å²) in [5.41, 5.74) is 1.15. The molecule has 0 bridgehead atoms. The fraction of sp³-hybridized carbons (Fsp3) is 0.455. The van der Waals surface area contributed by atoms with Crippen LogP contribution < -0.4 is 4.74 Å². The van der Waals surface area contributed by atoms with Crippen LogP contribution in [-0.2, 0) is 11.2 Å². The molecule has 4 nitrogen and oxygen atoms in total. The molecule has 0 aliphatic rings. The number of nitrogens with zero attached hydrogens (tertiary/aromatic N) is 1. The van der Waals surface area contributed by atoms with Crippen molar-refractivity contribution in [1.29, 1.82) is 0 Å². The zero-order valence-electron chi connectivity index (χ0n) is 9.03. The van der Waals surface area contributed by atoms with Crippen molar-refractivity contribution < 1.29 is 14.3 Å². The normalized spacial score (nSPS) is 9.73. The predicted molar refractivity (Wildman–Crippen MR) is 55.9 cm³/mol. The summed E-state index contributed by atoms with van der Waals surface area (Å²) in [7, 11) is 1.26. The third-order valence-electron chi connectivity index (χ3n) is 1.97. The largest absolute Gasteiger partial charge is 0.514 e. The van der Waals surface area contributed by atoms with Gasteiger partial charge in [-0.15, -0.1) is 0 Å². The average Bonchev–Trinajstić information content (AvgIpc) is 2.28. The maximum absolute atomic E-state index is 10.8. The van der Waals surface area contributed by atoms with Crippen molar-refractivity contribution in [2.75, 3.05) is 7.11 Å². The average molecular weight is 209 g/mol. The molecular weight excluding hydrogens is 194 g/mol. The van der Waals surface area contributed by atoms with Gasteiger partial charge in [-0.3, -0.25) is 0 Å². The van der Waals surface area contributed by atoms with Crippen LogP contribution in [0.1, 0.15) is 25.3 Å². The maximum atomic E-state index is 10.8. The molecule has 0 aromatic carbocycles. The van der Waals surface area contributed by atoms with E-state index in [1.165, 1.54) is 7.11 Å². The zero-order chi connectivity index (χ0) is 11.1. The van der Waals surface area contributed by atoms with Crippen LogP contribution in [0.15, 0.2) is 18.3 Å². The summed E-state index contributed by atoms with van der Waals surface area (Å²) in [6, 6.07) is 3.57. The minimum atomic E-state index is -0.746. The summed E-state index contributed by atoms with van der Waals surface area (Å²) in [5.74, 6) is 0.266. The molecule has 0 saturated heterocycles. The fourth-order valence-corrected chi connectivity index (χ4v) is 1.13. The van der Waals surface area contributed by atoms with Gasteiger partial charge in [-0.1, -0.05) is 19.4 Å². The smallest absolute Gasteiger partial charge is 0.437 e. The van der Waals surface area contributed by atoms with E-state index < -0.39 is 6.16 Å². The Labute approximate surface area is 89.2 Å². The summed E-state index contributed by atoms with van der Waals surface area (Å²) in [5, 5.41) is 0. The Morgan fingerprint density at radius 2 is 2.27 bits per heavy atom. The molecule has 1 aromatic rings. The van der Waals surface area contributed by atoms with Gasteiger partial charge in [0, 0.05) is 12.3 Å². The highest BCUT2D eigenvalue weighted by Gasteiger charge is 2.03. The van der Waals surface area contributed by atoms with Gasteiger partial charge in [0.05, 0.1) is 7.11 Å². The van der Waals surface area contributed by atoms with Crippen LogP contribution in [0.25, 0.3) is 0 Å². The van der Waals surface area contributed by atoms with Crippen LogP contribution in [0, 0.1) is 0 Å². The number of hydrogen-bond acceptors (Lipinski definition) is 4. The van der Waals surface area contributed by atoms with Crippen molar-refractivity contribution in [3.05, 3.63) is 23.9 Å². The van der Waals surface area contributed by atoms with Crippen molar-refractivity contribution in [3.8, 4) is 5.88 Å². The SMILES string of the molecule is CCCCc1ccc(OC(=O)OC)nc1. The number of ether oxygens (including phenoxy) is 2. The number of carbonyl (C=O) groups excluding carboxylic acids is 1. The van der Waals surface area contributed by atoms with E-state index >= 15 is 0 Å². The van der Waals surface area contributed by atoms with E-state index in [0.29, 0.717) is 0 Å². The summed E-state index contributed by atoms with van der Waals surface area (Å²) in [6.07, 6.45) is 4.26. The molecule has 1 rings (SSSR count). The summed E-state index contributed by atoms with van der Waals surface area (Å²) >= 11 is 0. The van der Waals surface area contributed by atoms with Crippen molar-refractivity contribution in [1.82, 2.24) is 4.98 Å². The van der Waals surface area contributed by atoms with Gasteiger partial charge < -0.3 is 9.47 Å². The molecule has 0 N–H and O–H groups in total. The first-order valence-corrected chi connectivity index (χ1v) is 4.97. The Morgan fingerprint density at radius 3 is 2.80 bits per heavy atom. The number of methoxy groups -OCH3 is 1. The number of carbonyl (C=O) groups is 1. The van der Waals surface area contributed by atoms with Gasteiger partial charge in [0.15, 0.2) is 0 Å². The van der Waals surface area contributed by atoms with Crippen molar-refractivity contribution in [2.45, 2.75) is 26.2 Å². The molecule has 15 heavy (non-hydrogen) atoms. The molecule has 82 valence electrons. The number of pyridine rings is 1. The van der Waals surface area contributed by atoms with E-state index in [4.69, 9.17) is 4.74 Å². The van der Waals surface area contributed by atoms with E-state index in [1.54, 1.807) is 12.3 Å². The summed E-state index contributed by atoms with van der Waals surface area (Å²) < 4.78 is 9.10. The zero-order valence-corrected chi connectivity index (χ0v) is 9.03. The summed E-state index contributed by atoms with van der Waals surface area (Å²) in [4.78, 5) is 14.8. The predicted octanol–water partition coefficient (Wildman–Crippen LogP) is 2.57. The van der Waals surface area contributed by atoms with E-state index in [9.17, 15) is 4.79 Å². The highest BCUT2D eigenvalue weighted by atomic mass is 16.7. The topological polar surface area (TPSA) is 48.4 Å². The monoisotopic (exact) mass is 209 g/mol. The third kappa shape index (κ3) is 3.97. The molecule has 0 unspecified atom stereocenters. The molecule has 0 atom stereocenters. The highest BCUT2D eigenvalue weighted by Crippen LogP contribution is 2.10. The lowest BCUT2D eigenvalue weighted by molar-refractivity contribution is 0.119. The third-order valence-corrected chi connectivity index (χ3v) is 1.97. The molecule has 0 aliphatic carbocycles. The maximum Gasteiger partial charge on any atom is 0.514 e.